The third kappa shape index (κ3) is 8.44. The maximum absolute atomic E-state index is 14.0. The number of nitrogens with one attached hydrogen (secondary N) is 1. The number of piperazine rings is 1. The summed E-state index contributed by atoms with van der Waals surface area (Å²) in [4.78, 5) is 35.8. The molecule has 1 saturated heterocycles. The van der Waals surface area contributed by atoms with Gasteiger partial charge in [-0.15, -0.1) is 0 Å². The van der Waals surface area contributed by atoms with Gasteiger partial charge in [-0.3, -0.25) is 4.79 Å². The van der Waals surface area contributed by atoms with Gasteiger partial charge in [-0.05, 0) is 68.4 Å². The highest BCUT2D eigenvalue weighted by Gasteiger charge is 2.56. The normalized spacial score (nSPS) is 24.6. The second kappa shape index (κ2) is 15.9. The topological polar surface area (TPSA) is 158 Å². The molecule has 4 bridgehead atoms. The SMILES string of the molecule is COc1ccccc1N1CC[NH+](CC(COc2cc(OC)c(OC)c(OC)c2)OC(=O)C23CC4CC(CC(C4)C2)C3)CC1.O=C([O-])C(=O)O. The van der Waals surface area contributed by atoms with E-state index >= 15 is 0 Å². The highest BCUT2D eigenvalue weighted by atomic mass is 16.6. The fourth-order valence-corrected chi connectivity index (χ4v) is 8.58. The lowest BCUT2D eigenvalue weighted by Crippen LogP contribution is -3.16. The van der Waals surface area contributed by atoms with Crippen LogP contribution in [0, 0.1) is 23.2 Å². The second-order valence-electron chi connectivity index (χ2n) is 13.6. The summed E-state index contributed by atoms with van der Waals surface area (Å²) >= 11 is 0. The molecule has 0 amide bonds. The minimum atomic E-state index is -2.07. The van der Waals surface area contributed by atoms with E-state index in [0.29, 0.717) is 47.3 Å². The van der Waals surface area contributed by atoms with Crippen LogP contribution >= 0.6 is 0 Å². The van der Waals surface area contributed by atoms with Gasteiger partial charge in [-0.25, -0.2) is 4.79 Å². The van der Waals surface area contributed by atoms with Crippen molar-refractivity contribution in [2.24, 2.45) is 23.2 Å². The first-order valence-corrected chi connectivity index (χ1v) is 16.9. The smallest absolute Gasteiger partial charge is 0.351 e. The van der Waals surface area contributed by atoms with Crippen LogP contribution in [0.25, 0.3) is 0 Å². The summed E-state index contributed by atoms with van der Waals surface area (Å²) in [5, 5.41) is 16.3. The number of aliphatic carboxylic acids is 2. The molecule has 49 heavy (non-hydrogen) atoms. The van der Waals surface area contributed by atoms with Crippen LogP contribution in [0.3, 0.4) is 0 Å². The number of rotatable bonds is 12. The highest BCUT2D eigenvalue weighted by molar-refractivity contribution is 6.26. The first kappa shape index (κ1) is 35.9. The first-order chi connectivity index (χ1) is 23.6. The molecule has 268 valence electrons. The number of carboxylic acid groups (broad SMARTS) is 2. The summed E-state index contributed by atoms with van der Waals surface area (Å²) in [6.07, 6.45) is 6.48. The summed E-state index contributed by atoms with van der Waals surface area (Å²) in [5.41, 5.74) is 0.817. The van der Waals surface area contributed by atoms with Crippen molar-refractivity contribution in [2.75, 3.05) is 72.7 Å². The standard InChI is InChI=1S/C34H46N2O7.C2H2O4/c1-38-29-8-6-5-7-28(29)36-11-9-35(10-12-36)21-27(22-42-26-16-30(39-2)32(41-4)31(17-26)40-3)43-33(37)34-18-23-13-24(19-34)15-25(14-23)20-34;3-1(4)2(5)6/h5-8,16-17,23-25,27H,9-15,18-22H2,1-4H3;(H,3,4)(H,5,6). The van der Waals surface area contributed by atoms with Gasteiger partial charge in [0.15, 0.2) is 23.6 Å². The Hall–Kier alpha value is -4.39. The summed E-state index contributed by atoms with van der Waals surface area (Å²) in [7, 11) is 6.48. The van der Waals surface area contributed by atoms with Crippen molar-refractivity contribution >= 4 is 23.6 Å². The minimum Gasteiger partial charge on any atom is -0.539 e. The molecule has 5 fully saturated rings. The van der Waals surface area contributed by atoms with Crippen molar-refractivity contribution < 1.29 is 57.9 Å². The number of nitrogens with zero attached hydrogens (tertiary/aromatic N) is 1. The molecular weight excluding hydrogens is 636 g/mol. The molecule has 4 saturated carbocycles. The zero-order valence-electron chi connectivity index (χ0n) is 28.7. The van der Waals surface area contributed by atoms with Gasteiger partial charge in [0.1, 0.15) is 24.7 Å². The predicted molar refractivity (Wildman–Crippen MR) is 175 cm³/mol. The number of anilines is 1. The average molecular weight is 685 g/mol. The summed E-state index contributed by atoms with van der Waals surface area (Å²) in [6, 6.07) is 11.8. The summed E-state index contributed by atoms with van der Waals surface area (Å²) in [6.45, 7) is 4.64. The molecule has 1 aliphatic heterocycles. The minimum absolute atomic E-state index is 0.00264. The predicted octanol–water partition coefficient (Wildman–Crippen LogP) is 1.45. The monoisotopic (exact) mass is 684 g/mol. The molecule has 7 rings (SSSR count). The number of hydrogen-bond acceptors (Lipinski definition) is 11. The molecule has 0 radical (unpaired) electrons. The Kier molecular flexibility index (Phi) is 11.6. The maximum atomic E-state index is 14.0. The van der Waals surface area contributed by atoms with Crippen molar-refractivity contribution in [1.29, 1.82) is 0 Å². The Bertz CT molecular complexity index is 1400. The Morgan fingerprint density at radius 3 is 1.90 bits per heavy atom. The third-order valence-corrected chi connectivity index (χ3v) is 10.4. The van der Waals surface area contributed by atoms with E-state index in [9.17, 15) is 4.79 Å². The van der Waals surface area contributed by atoms with Gasteiger partial charge in [0, 0.05) is 12.1 Å². The van der Waals surface area contributed by atoms with Crippen molar-refractivity contribution in [3.8, 4) is 28.7 Å². The van der Waals surface area contributed by atoms with Gasteiger partial charge in [0.2, 0.25) is 5.75 Å². The lowest BCUT2D eigenvalue weighted by Gasteiger charge is -2.55. The molecule has 5 aliphatic rings. The van der Waals surface area contributed by atoms with Gasteiger partial charge in [-0.2, -0.15) is 0 Å². The highest BCUT2D eigenvalue weighted by Crippen LogP contribution is 2.60. The van der Waals surface area contributed by atoms with Crippen LogP contribution < -0.4 is 38.6 Å². The van der Waals surface area contributed by atoms with Gasteiger partial charge in [-0.1, -0.05) is 12.1 Å². The van der Waals surface area contributed by atoms with Gasteiger partial charge in [0.05, 0.1) is 65.7 Å². The number of quaternary nitrogens is 1. The number of ether oxygens (including phenoxy) is 6. The zero-order chi connectivity index (χ0) is 35.1. The Labute approximate surface area is 287 Å². The third-order valence-electron chi connectivity index (χ3n) is 10.4. The molecule has 2 aromatic carbocycles. The van der Waals surface area contributed by atoms with E-state index in [1.165, 1.54) is 24.2 Å². The van der Waals surface area contributed by atoms with Gasteiger partial charge in [0.25, 0.3) is 0 Å². The lowest BCUT2D eigenvalue weighted by molar-refractivity contribution is -0.903. The van der Waals surface area contributed by atoms with Crippen molar-refractivity contribution in [2.45, 2.75) is 44.6 Å². The van der Waals surface area contributed by atoms with E-state index in [4.69, 9.17) is 48.2 Å². The average Bonchev–Trinajstić information content (AvgIpc) is 3.10. The number of carboxylic acids is 2. The number of esters is 1. The molecule has 13 heteroatoms. The number of carbonyl (C=O) groups is 3. The van der Waals surface area contributed by atoms with Crippen LogP contribution in [0.4, 0.5) is 5.69 Å². The van der Waals surface area contributed by atoms with Crippen LogP contribution in [-0.4, -0.2) is 96.9 Å². The van der Waals surface area contributed by atoms with Crippen LogP contribution in [0.1, 0.15) is 38.5 Å². The molecule has 2 aromatic rings. The zero-order valence-corrected chi connectivity index (χ0v) is 28.7. The van der Waals surface area contributed by atoms with E-state index in [2.05, 4.69) is 17.0 Å². The van der Waals surface area contributed by atoms with Gasteiger partial charge < -0.3 is 53.2 Å². The van der Waals surface area contributed by atoms with E-state index in [1.54, 1.807) is 40.6 Å². The number of para-hydroxylation sites is 2. The molecule has 1 atom stereocenters. The fourth-order valence-electron chi connectivity index (χ4n) is 8.58. The lowest BCUT2D eigenvalue weighted by atomic mass is 9.49. The van der Waals surface area contributed by atoms with Crippen LogP contribution in [0.15, 0.2) is 36.4 Å². The first-order valence-electron chi connectivity index (χ1n) is 16.9. The Balaban J connectivity index is 0.000000717. The number of benzene rings is 2. The fraction of sp³-hybridized carbons (Fsp3) is 0.583. The van der Waals surface area contributed by atoms with E-state index in [0.717, 1.165) is 56.9 Å². The Morgan fingerprint density at radius 2 is 1.41 bits per heavy atom. The van der Waals surface area contributed by atoms with E-state index < -0.39 is 11.9 Å². The van der Waals surface area contributed by atoms with E-state index in [-0.39, 0.29) is 24.1 Å². The molecular formula is C36H48N2O11. The summed E-state index contributed by atoms with van der Waals surface area (Å²) < 4.78 is 34.9. The van der Waals surface area contributed by atoms with Crippen molar-refractivity contribution in [1.82, 2.24) is 0 Å². The molecule has 4 aliphatic carbocycles. The van der Waals surface area contributed by atoms with E-state index in [1.807, 2.05) is 12.1 Å². The van der Waals surface area contributed by atoms with Crippen molar-refractivity contribution in [3.63, 3.8) is 0 Å². The number of hydrogen-bond donors (Lipinski definition) is 2. The molecule has 0 aromatic heterocycles. The molecule has 13 nitrogen and oxygen atoms in total. The number of carbonyl (C=O) groups excluding carboxylic acids is 2. The number of methoxy groups -OCH3 is 4. The van der Waals surface area contributed by atoms with Gasteiger partial charge >= 0.3 is 11.9 Å². The van der Waals surface area contributed by atoms with Crippen molar-refractivity contribution in [3.05, 3.63) is 36.4 Å². The Morgan fingerprint density at radius 1 is 0.878 bits per heavy atom. The summed E-state index contributed by atoms with van der Waals surface area (Å²) in [5.74, 6) is 1.08. The van der Waals surface area contributed by atoms with Crippen LogP contribution in [0.5, 0.6) is 28.7 Å². The second-order valence-corrected chi connectivity index (χ2v) is 13.6. The van der Waals surface area contributed by atoms with Crippen LogP contribution in [0.2, 0.25) is 0 Å². The largest absolute Gasteiger partial charge is 0.539 e. The molecule has 1 unspecified atom stereocenters. The maximum Gasteiger partial charge on any atom is 0.351 e. The molecule has 2 N–H and O–H groups in total. The molecule has 1 heterocycles. The van der Waals surface area contributed by atoms with Crippen LogP contribution in [-0.2, 0) is 19.1 Å². The quantitative estimate of drug-likeness (QED) is 0.245. The molecule has 0 spiro atoms.